The average molecular weight is 339 g/mol. The lowest BCUT2D eigenvalue weighted by atomic mass is 9.68. The molecule has 0 saturated carbocycles. The Labute approximate surface area is 147 Å². The van der Waals surface area contributed by atoms with E-state index in [9.17, 15) is 0 Å². The highest BCUT2D eigenvalue weighted by atomic mass is 32.1. The largest absolute Gasteiger partial charge is 0.376 e. The molecule has 2 heterocycles. The molecule has 0 aliphatic carbocycles. The molecule has 2 nitrogen and oxygen atoms in total. The second kappa shape index (κ2) is 8.13. The van der Waals surface area contributed by atoms with Crippen molar-refractivity contribution in [1.82, 2.24) is 0 Å². The van der Waals surface area contributed by atoms with Crippen molar-refractivity contribution in [3.05, 3.63) is 22.4 Å². The van der Waals surface area contributed by atoms with Gasteiger partial charge in [-0.3, -0.25) is 0 Å². The van der Waals surface area contributed by atoms with Crippen LogP contribution in [0.15, 0.2) is 17.5 Å². The van der Waals surface area contributed by atoms with E-state index in [-0.39, 0.29) is 5.60 Å². The summed E-state index contributed by atoms with van der Waals surface area (Å²) in [5, 5.41) is 4.72. The van der Waals surface area contributed by atoms with Crippen LogP contribution in [0.3, 0.4) is 0 Å². The van der Waals surface area contributed by atoms with E-state index in [0.29, 0.717) is 11.5 Å². The van der Waals surface area contributed by atoms with Gasteiger partial charge in [-0.25, -0.2) is 0 Å². The molecule has 1 fully saturated rings. The van der Waals surface area contributed by atoms with E-state index < -0.39 is 0 Å². The van der Waals surface area contributed by atoms with Gasteiger partial charge in [0.15, 0.2) is 0 Å². The van der Waals surface area contributed by atoms with E-state index >= 15 is 0 Å². The van der Waals surface area contributed by atoms with Crippen molar-refractivity contribution in [3.8, 4) is 0 Å². The lowest BCUT2D eigenvalue weighted by molar-refractivity contribution is -0.693. The van der Waals surface area contributed by atoms with Crippen LogP contribution in [0.1, 0.15) is 77.6 Å². The Bertz CT molecular complexity index is 454. The van der Waals surface area contributed by atoms with Crippen molar-refractivity contribution in [1.29, 1.82) is 0 Å². The molecular formula is C20H36NOS+. The molecule has 132 valence electrons. The summed E-state index contributed by atoms with van der Waals surface area (Å²) >= 11 is 1.88. The predicted octanol–water partition coefficient (Wildman–Crippen LogP) is 4.77. The first-order valence-electron chi connectivity index (χ1n) is 9.33. The minimum atomic E-state index is 0.0502. The quantitative estimate of drug-likeness (QED) is 0.725. The van der Waals surface area contributed by atoms with Crippen LogP contribution in [0.4, 0.5) is 0 Å². The maximum absolute atomic E-state index is 6.01. The fourth-order valence-corrected chi connectivity index (χ4v) is 4.82. The number of hydrogen-bond acceptors (Lipinski definition) is 2. The van der Waals surface area contributed by atoms with Crippen molar-refractivity contribution < 1.29 is 10.1 Å². The molecule has 0 aromatic carbocycles. The Kier molecular flexibility index (Phi) is 6.70. The van der Waals surface area contributed by atoms with Crippen LogP contribution in [0.5, 0.6) is 0 Å². The van der Waals surface area contributed by atoms with Gasteiger partial charge in [-0.05, 0) is 62.8 Å². The molecule has 0 bridgehead atoms. The Hall–Kier alpha value is -0.380. The van der Waals surface area contributed by atoms with E-state index in [1.807, 2.05) is 11.3 Å². The highest BCUT2D eigenvalue weighted by molar-refractivity contribution is 7.10. The highest BCUT2D eigenvalue weighted by Gasteiger charge is 2.40. The predicted molar refractivity (Wildman–Crippen MR) is 99.9 cm³/mol. The van der Waals surface area contributed by atoms with Crippen molar-refractivity contribution in [3.63, 3.8) is 0 Å². The zero-order valence-corrected chi connectivity index (χ0v) is 16.5. The molecule has 0 unspecified atom stereocenters. The highest BCUT2D eigenvalue weighted by Crippen LogP contribution is 2.45. The second-order valence-electron chi connectivity index (χ2n) is 8.55. The Morgan fingerprint density at radius 1 is 1.26 bits per heavy atom. The van der Waals surface area contributed by atoms with Gasteiger partial charge in [0.2, 0.25) is 0 Å². The first kappa shape index (κ1) is 19.0. The summed E-state index contributed by atoms with van der Waals surface area (Å²) in [5.74, 6) is 0.798. The molecule has 2 atom stereocenters. The number of nitrogens with two attached hydrogens (primary N) is 1. The number of thiophene rings is 1. The van der Waals surface area contributed by atoms with Gasteiger partial charge in [0.1, 0.15) is 6.04 Å². The standard InChI is InChI=1S/C20H35NOS/c1-16(2)8-9-20(11-13-22-19(4,5)15-20)10-12-21-17(3)18-7-6-14-23-18/h6-7,14,16-17,21H,8-13,15H2,1-5H3/p+1/t17-,20-/m1/s1. The molecule has 23 heavy (non-hydrogen) atoms. The third kappa shape index (κ3) is 5.88. The number of rotatable bonds is 8. The molecule has 1 aromatic rings. The lowest BCUT2D eigenvalue weighted by Gasteiger charge is -2.45. The smallest absolute Gasteiger partial charge is 0.118 e. The molecule has 3 heteroatoms. The average Bonchev–Trinajstić information content (AvgIpc) is 2.98. The van der Waals surface area contributed by atoms with Gasteiger partial charge in [-0.2, -0.15) is 0 Å². The first-order valence-corrected chi connectivity index (χ1v) is 10.2. The zero-order chi connectivity index (χ0) is 16.9. The van der Waals surface area contributed by atoms with Gasteiger partial charge in [0.05, 0.1) is 17.0 Å². The van der Waals surface area contributed by atoms with E-state index in [4.69, 9.17) is 4.74 Å². The second-order valence-corrected chi connectivity index (χ2v) is 9.53. The molecule has 1 saturated heterocycles. The first-order chi connectivity index (χ1) is 10.8. The van der Waals surface area contributed by atoms with Crippen molar-refractivity contribution in [2.45, 2.75) is 78.4 Å². The monoisotopic (exact) mass is 338 g/mol. The summed E-state index contributed by atoms with van der Waals surface area (Å²) in [5.41, 5.74) is 0.534. The maximum atomic E-state index is 6.01. The minimum Gasteiger partial charge on any atom is -0.376 e. The fraction of sp³-hybridized carbons (Fsp3) is 0.800. The Balaban J connectivity index is 1.91. The van der Waals surface area contributed by atoms with Crippen LogP contribution in [0.2, 0.25) is 0 Å². The molecule has 0 spiro atoms. The van der Waals surface area contributed by atoms with Gasteiger partial charge in [-0.1, -0.05) is 26.3 Å². The number of ether oxygens (including phenoxy) is 1. The van der Waals surface area contributed by atoms with Gasteiger partial charge in [-0.15, -0.1) is 11.3 Å². The van der Waals surface area contributed by atoms with E-state index in [0.717, 1.165) is 12.5 Å². The van der Waals surface area contributed by atoms with E-state index in [1.165, 1.54) is 43.5 Å². The Morgan fingerprint density at radius 2 is 2.04 bits per heavy atom. The zero-order valence-electron chi connectivity index (χ0n) is 15.7. The van der Waals surface area contributed by atoms with Crippen LogP contribution in [-0.4, -0.2) is 18.8 Å². The maximum Gasteiger partial charge on any atom is 0.118 e. The normalized spacial score (nSPS) is 25.7. The molecule has 0 radical (unpaired) electrons. The summed E-state index contributed by atoms with van der Waals surface area (Å²) in [6.45, 7) is 13.7. The summed E-state index contributed by atoms with van der Waals surface area (Å²) in [6.07, 6.45) is 6.48. The minimum absolute atomic E-state index is 0.0502. The van der Waals surface area contributed by atoms with Gasteiger partial charge in [0.25, 0.3) is 0 Å². The summed E-state index contributed by atoms with van der Waals surface area (Å²) in [7, 11) is 0. The van der Waals surface area contributed by atoms with Crippen molar-refractivity contribution in [2.24, 2.45) is 11.3 Å². The third-order valence-electron chi connectivity index (χ3n) is 5.36. The third-order valence-corrected chi connectivity index (χ3v) is 6.44. The molecule has 1 aromatic heterocycles. The molecule has 2 N–H and O–H groups in total. The van der Waals surface area contributed by atoms with E-state index in [2.05, 4.69) is 57.4 Å². The molecule has 0 amide bonds. The van der Waals surface area contributed by atoms with Crippen molar-refractivity contribution >= 4 is 11.3 Å². The molecule has 1 aliphatic heterocycles. The Morgan fingerprint density at radius 3 is 2.65 bits per heavy atom. The molecular weight excluding hydrogens is 302 g/mol. The number of hydrogen-bond donors (Lipinski definition) is 1. The summed E-state index contributed by atoms with van der Waals surface area (Å²) < 4.78 is 6.01. The van der Waals surface area contributed by atoms with Crippen molar-refractivity contribution in [2.75, 3.05) is 13.2 Å². The van der Waals surface area contributed by atoms with Crippen LogP contribution < -0.4 is 5.32 Å². The van der Waals surface area contributed by atoms with Crippen LogP contribution in [0.25, 0.3) is 0 Å². The topological polar surface area (TPSA) is 25.8 Å². The molecule has 2 rings (SSSR count). The van der Waals surface area contributed by atoms with Gasteiger partial charge >= 0.3 is 0 Å². The van der Waals surface area contributed by atoms with Crippen LogP contribution >= 0.6 is 11.3 Å². The van der Waals surface area contributed by atoms with Crippen LogP contribution in [0, 0.1) is 11.3 Å². The summed E-state index contributed by atoms with van der Waals surface area (Å²) in [4.78, 5) is 1.49. The lowest BCUT2D eigenvalue weighted by Crippen LogP contribution is -2.85. The van der Waals surface area contributed by atoms with Gasteiger partial charge in [0, 0.05) is 13.0 Å². The SMILES string of the molecule is CC(C)CC[C@@]1(CC[NH2+][C@H](C)c2cccs2)CCOC(C)(C)C1. The van der Waals surface area contributed by atoms with E-state index in [1.54, 1.807) is 0 Å². The van der Waals surface area contributed by atoms with Gasteiger partial charge < -0.3 is 10.1 Å². The summed E-state index contributed by atoms with van der Waals surface area (Å²) in [6, 6.07) is 5.01. The number of quaternary nitrogens is 1. The molecule has 1 aliphatic rings. The van der Waals surface area contributed by atoms with Crippen LogP contribution in [-0.2, 0) is 4.74 Å². The fourth-order valence-electron chi connectivity index (χ4n) is 4.04.